The molecule has 1 unspecified atom stereocenters. The molecule has 4 rings (SSSR count). The maximum absolute atomic E-state index is 5.49. The van der Waals surface area contributed by atoms with Gasteiger partial charge in [-0.3, -0.25) is 5.10 Å². The van der Waals surface area contributed by atoms with E-state index in [1.807, 2.05) is 13.0 Å². The van der Waals surface area contributed by atoms with Crippen molar-refractivity contribution in [3.05, 3.63) is 30.2 Å². The lowest BCUT2D eigenvalue weighted by Gasteiger charge is -2.32. The van der Waals surface area contributed by atoms with E-state index < -0.39 is 0 Å². The second kappa shape index (κ2) is 4.83. The Morgan fingerprint density at radius 2 is 2.33 bits per heavy atom. The molecule has 0 spiro atoms. The van der Waals surface area contributed by atoms with Crippen molar-refractivity contribution < 1.29 is 4.42 Å². The molecule has 7 nitrogen and oxygen atoms in total. The summed E-state index contributed by atoms with van der Waals surface area (Å²) in [4.78, 5) is 15.3. The third-order valence-corrected chi connectivity index (χ3v) is 3.97. The molecule has 108 valence electrons. The summed E-state index contributed by atoms with van der Waals surface area (Å²) in [6.07, 6.45) is 5.62. The molecule has 1 fully saturated rings. The molecule has 1 saturated heterocycles. The topological polar surface area (TPSA) is 83.7 Å². The van der Waals surface area contributed by atoms with Gasteiger partial charge in [0, 0.05) is 37.8 Å². The first-order valence-electron chi connectivity index (χ1n) is 7.13. The van der Waals surface area contributed by atoms with E-state index in [2.05, 4.69) is 30.0 Å². The van der Waals surface area contributed by atoms with Crippen molar-refractivity contribution in [3.63, 3.8) is 0 Å². The molecular formula is C14H16N6O. The number of H-pyrrole nitrogens is 1. The molecule has 1 atom stereocenters. The predicted octanol–water partition coefficient (Wildman–Crippen LogP) is 2.03. The highest BCUT2D eigenvalue weighted by molar-refractivity contribution is 5.81. The van der Waals surface area contributed by atoms with Crippen LogP contribution in [0.1, 0.15) is 30.3 Å². The Labute approximate surface area is 121 Å². The van der Waals surface area contributed by atoms with Gasteiger partial charge in [0.1, 0.15) is 6.33 Å². The van der Waals surface area contributed by atoms with Crippen LogP contribution in [0.3, 0.4) is 0 Å². The number of anilines is 1. The van der Waals surface area contributed by atoms with Crippen LogP contribution >= 0.6 is 0 Å². The van der Waals surface area contributed by atoms with Gasteiger partial charge in [0.15, 0.2) is 17.2 Å². The third-order valence-electron chi connectivity index (χ3n) is 3.97. The van der Waals surface area contributed by atoms with Crippen molar-refractivity contribution in [2.24, 2.45) is 0 Å². The Kier molecular flexibility index (Phi) is 2.83. The Hall–Kier alpha value is -2.44. The molecule has 1 aliphatic rings. The van der Waals surface area contributed by atoms with E-state index in [9.17, 15) is 0 Å². The molecule has 0 aliphatic carbocycles. The zero-order chi connectivity index (χ0) is 14.2. The van der Waals surface area contributed by atoms with E-state index in [0.29, 0.717) is 17.5 Å². The van der Waals surface area contributed by atoms with E-state index in [1.165, 1.54) is 5.69 Å². The normalized spacial score (nSPS) is 19.3. The van der Waals surface area contributed by atoms with Gasteiger partial charge in [0.05, 0.1) is 0 Å². The van der Waals surface area contributed by atoms with Crippen LogP contribution in [-0.4, -0.2) is 38.2 Å². The van der Waals surface area contributed by atoms with Gasteiger partial charge < -0.3 is 9.32 Å². The Balaban J connectivity index is 1.68. The molecule has 3 aromatic rings. The molecule has 1 aliphatic heterocycles. The molecule has 0 bridgehead atoms. The summed E-state index contributed by atoms with van der Waals surface area (Å²) in [5.74, 6) is 1.93. The Morgan fingerprint density at radius 3 is 3.19 bits per heavy atom. The molecule has 3 aromatic heterocycles. The zero-order valence-electron chi connectivity index (χ0n) is 11.8. The van der Waals surface area contributed by atoms with Gasteiger partial charge in [0.25, 0.3) is 5.71 Å². The first-order chi connectivity index (χ1) is 10.3. The summed E-state index contributed by atoms with van der Waals surface area (Å²) in [5, 5.41) is 7.13. The van der Waals surface area contributed by atoms with E-state index in [4.69, 9.17) is 4.42 Å². The fourth-order valence-corrected chi connectivity index (χ4v) is 3.00. The maximum Gasteiger partial charge on any atom is 0.252 e. The first-order valence-corrected chi connectivity index (χ1v) is 7.13. The van der Waals surface area contributed by atoms with Crippen molar-refractivity contribution in [3.8, 4) is 0 Å². The second-order valence-electron chi connectivity index (χ2n) is 5.38. The summed E-state index contributed by atoms with van der Waals surface area (Å²) in [6, 6.07) is 2.05. The van der Waals surface area contributed by atoms with Gasteiger partial charge in [-0.2, -0.15) is 10.1 Å². The number of piperidine rings is 1. The third kappa shape index (κ3) is 2.14. The number of aryl methyl sites for hydroxylation is 1. The minimum Gasteiger partial charge on any atom is -0.422 e. The largest absolute Gasteiger partial charge is 0.422 e. The summed E-state index contributed by atoms with van der Waals surface area (Å²) < 4.78 is 5.49. The van der Waals surface area contributed by atoms with E-state index in [1.54, 1.807) is 12.5 Å². The van der Waals surface area contributed by atoms with Crippen molar-refractivity contribution in [1.82, 2.24) is 25.1 Å². The summed E-state index contributed by atoms with van der Waals surface area (Å²) >= 11 is 0. The Bertz CT molecular complexity index is 750. The van der Waals surface area contributed by atoms with Crippen molar-refractivity contribution in [2.75, 3.05) is 18.0 Å². The maximum atomic E-state index is 5.49. The van der Waals surface area contributed by atoms with Crippen LogP contribution in [0.2, 0.25) is 0 Å². The average molecular weight is 284 g/mol. The standard InChI is InChI=1S/C14H16N6O/c1-9-18-12-13(15-8-16-14(12)21-9)20-6-2-3-10(7-20)11-4-5-17-19-11/h4-5,8,10H,2-3,6-7H2,1H3,(H,17,19). The fraction of sp³-hybridized carbons (Fsp3) is 0.429. The number of oxazole rings is 1. The molecule has 0 amide bonds. The van der Waals surface area contributed by atoms with Gasteiger partial charge in [-0.25, -0.2) is 9.97 Å². The number of rotatable bonds is 2. The minimum absolute atomic E-state index is 0.444. The Morgan fingerprint density at radius 1 is 1.38 bits per heavy atom. The molecule has 0 radical (unpaired) electrons. The van der Waals surface area contributed by atoms with Gasteiger partial charge in [-0.1, -0.05) is 0 Å². The second-order valence-corrected chi connectivity index (χ2v) is 5.38. The molecular weight excluding hydrogens is 268 g/mol. The SMILES string of the molecule is Cc1nc2c(N3CCCC(c4ccn[nH]4)C3)ncnc2o1. The minimum atomic E-state index is 0.444. The van der Waals surface area contributed by atoms with Gasteiger partial charge in [-0.05, 0) is 18.9 Å². The van der Waals surface area contributed by atoms with Gasteiger partial charge in [-0.15, -0.1) is 0 Å². The molecule has 0 aromatic carbocycles. The van der Waals surface area contributed by atoms with Crippen LogP contribution in [0, 0.1) is 6.92 Å². The lowest BCUT2D eigenvalue weighted by molar-refractivity contribution is 0.498. The molecule has 1 N–H and O–H groups in total. The summed E-state index contributed by atoms with van der Waals surface area (Å²) in [7, 11) is 0. The molecule has 4 heterocycles. The fourth-order valence-electron chi connectivity index (χ4n) is 3.00. The number of aromatic amines is 1. The molecule has 0 saturated carbocycles. The average Bonchev–Trinajstić information content (AvgIpc) is 3.15. The van der Waals surface area contributed by atoms with Crippen LogP contribution in [0.4, 0.5) is 5.82 Å². The molecule has 21 heavy (non-hydrogen) atoms. The smallest absolute Gasteiger partial charge is 0.252 e. The van der Waals surface area contributed by atoms with Crippen LogP contribution < -0.4 is 4.90 Å². The number of aromatic nitrogens is 5. The first kappa shape index (κ1) is 12.3. The van der Waals surface area contributed by atoms with Crippen molar-refractivity contribution in [1.29, 1.82) is 0 Å². The highest BCUT2D eigenvalue weighted by Gasteiger charge is 2.25. The number of fused-ring (bicyclic) bond motifs is 1. The van der Waals surface area contributed by atoms with Crippen LogP contribution in [-0.2, 0) is 0 Å². The van der Waals surface area contributed by atoms with Crippen LogP contribution in [0.25, 0.3) is 11.2 Å². The molecule has 7 heteroatoms. The summed E-state index contributed by atoms with van der Waals surface area (Å²) in [6.45, 7) is 3.71. The van der Waals surface area contributed by atoms with E-state index in [-0.39, 0.29) is 0 Å². The highest BCUT2D eigenvalue weighted by Crippen LogP contribution is 2.30. The predicted molar refractivity (Wildman–Crippen MR) is 77.1 cm³/mol. The van der Waals surface area contributed by atoms with E-state index >= 15 is 0 Å². The van der Waals surface area contributed by atoms with Crippen LogP contribution in [0.15, 0.2) is 23.0 Å². The van der Waals surface area contributed by atoms with Crippen molar-refractivity contribution >= 4 is 17.0 Å². The quantitative estimate of drug-likeness (QED) is 0.775. The number of hydrogen-bond acceptors (Lipinski definition) is 6. The lowest BCUT2D eigenvalue weighted by Crippen LogP contribution is -2.35. The number of nitrogens with zero attached hydrogens (tertiary/aromatic N) is 5. The number of hydrogen-bond donors (Lipinski definition) is 1. The van der Waals surface area contributed by atoms with Crippen molar-refractivity contribution in [2.45, 2.75) is 25.7 Å². The highest BCUT2D eigenvalue weighted by atomic mass is 16.4. The van der Waals surface area contributed by atoms with Gasteiger partial charge in [0.2, 0.25) is 0 Å². The van der Waals surface area contributed by atoms with E-state index in [0.717, 1.165) is 37.3 Å². The number of nitrogens with one attached hydrogen (secondary N) is 1. The summed E-state index contributed by atoms with van der Waals surface area (Å²) in [5.41, 5.74) is 2.49. The zero-order valence-corrected chi connectivity index (χ0v) is 11.8. The monoisotopic (exact) mass is 284 g/mol. The van der Waals surface area contributed by atoms with Gasteiger partial charge >= 0.3 is 0 Å². The lowest BCUT2D eigenvalue weighted by atomic mass is 9.95. The van der Waals surface area contributed by atoms with Crippen LogP contribution in [0.5, 0.6) is 0 Å².